The summed E-state index contributed by atoms with van der Waals surface area (Å²) in [4.78, 5) is 19.9. The number of hydrogen-bond acceptors (Lipinski definition) is 5. The Labute approximate surface area is 196 Å². The van der Waals surface area contributed by atoms with Crippen molar-refractivity contribution in [2.75, 3.05) is 0 Å². The number of nitrogens with one attached hydrogen (secondary N) is 1. The van der Waals surface area contributed by atoms with E-state index in [0.717, 1.165) is 33.5 Å². The lowest BCUT2D eigenvalue weighted by Crippen LogP contribution is -2.32. The van der Waals surface area contributed by atoms with Gasteiger partial charge in [-0.3, -0.25) is 4.79 Å². The number of halogens is 1. The summed E-state index contributed by atoms with van der Waals surface area (Å²) in [5.41, 5.74) is 5.27. The van der Waals surface area contributed by atoms with Gasteiger partial charge in [0.05, 0.1) is 34.9 Å². The summed E-state index contributed by atoms with van der Waals surface area (Å²) in [6.45, 7) is 4.15. The van der Waals surface area contributed by atoms with Crippen LogP contribution in [-0.4, -0.2) is 43.0 Å². The van der Waals surface area contributed by atoms with Crippen LogP contribution in [-0.2, 0) is 16.0 Å². The minimum absolute atomic E-state index is 0.0402. The summed E-state index contributed by atoms with van der Waals surface area (Å²) in [7, 11) is 0. The summed E-state index contributed by atoms with van der Waals surface area (Å²) >= 11 is 0. The van der Waals surface area contributed by atoms with Gasteiger partial charge in [0, 0.05) is 17.5 Å². The van der Waals surface area contributed by atoms with E-state index in [1.807, 2.05) is 24.3 Å². The number of para-hydroxylation sites is 2. The zero-order valence-corrected chi connectivity index (χ0v) is 19.2. The van der Waals surface area contributed by atoms with Gasteiger partial charge in [-0.05, 0) is 55.2 Å². The molecule has 1 aliphatic rings. The predicted molar refractivity (Wildman–Crippen MR) is 126 cm³/mol. The van der Waals surface area contributed by atoms with Gasteiger partial charge in [0.25, 0.3) is 0 Å². The number of aromatic nitrogens is 4. The normalized spacial score (nSPS) is 18.6. The van der Waals surface area contributed by atoms with Gasteiger partial charge in [-0.2, -0.15) is 9.78 Å². The number of rotatable bonds is 6. The molecule has 0 spiro atoms. The number of aromatic amines is 1. The Balaban J connectivity index is 1.61. The lowest BCUT2D eigenvalue weighted by Gasteiger charge is -2.26. The fraction of sp³-hybridized carbons (Fsp3) is 0.346. The lowest BCUT2D eigenvalue weighted by atomic mass is 9.93. The van der Waals surface area contributed by atoms with Crippen LogP contribution in [0.25, 0.3) is 28.2 Å². The van der Waals surface area contributed by atoms with Gasteiger partial charge in [-0.15, -0.1) is 0 Å². The molecule has 3 heterocycles. The maximum atomic E-state index is 13.8. The summed E-state index contributed by atoms with van der Waals surface area (Å²) < 4.78 is 21.0. The molecule has 0 aliphatic carbocycles. The van der Waals surface area contributed by atoms with Crippen molar-refractivity contribution < 1.29 is 19.0 Å². The van der Waals surface area contributed by atoms with Crippen molar-refractivity contribution >= 4 is 17.0 Å². The fourth-order valence-electron chi connectivity index (χ4n) is 4.62. The molecule has 5 rings (SSSR count). The highest BCUT2D eigenvalue weighted by Gasteiger charge is 2.29. The van der Waals surface area contributed by atoms with Crippen molar-refractivity contribution in [2.24, 2.45) is 0 Å². The van der Waals surface area contributed by atoms with Crippen molar-refractivity contribution in [1.82, 2.24) is 19.7 Å². The zero-order chi connectivity index (χ0) is 23.8. The molecular formula is C26H27FN4O3. The number of cyclic esters (lactones) is 1. The highest BCUT2D eigenvalue weighted by molar-refractivity contribution is 5.77. The lowest BCUT2D eigenvalue weighted by molar-refractivity contribution is -0.160. The minimum Gasteiger partial charge on any atom is -0.462 e. The predicted octanol–water partition coefficient (Wildman–Crippen LogP) is 4.68. The number of imidazole rings is 1. The number of carbonyl (C=O) groups is 1. The van der Waals surface area contributed by atoms with Gasteiger partial charge in [-0.25, -0.2) is 9.37 Å². The average Bonchev–Trinajstić information content (AvgIpc) is 3.39. The molecule has 2 aromatic carbocycles. The smallest absolute Gasteiger partial charge is 0.308 e. The van der Waals surface area contributed by atoms with E-state index in [2.05, 4.69) is 18.8 Å². The molecule has 0 radical (unpaired) electrons. The number of esters is 1. The number of aliphatic hydroxyl groups is 1. The van der Waals surface area contributed by atoms with Crippen LogP contribution in [0.3, 0.4) is 0 Å². The molecule has 2 atom stereocenters. The van der Waals surface area contributed by atoms with E-state index in [0.29, 0.717) is 25.2 Å². The molecule has 2 aromatic heterocycles. The minimum atomic E-state index is -0.675. The molecule has 0 amide bonds. The Bertz CT molecular complexity index is 1290. The summed E-state index contributed by atoms with van der Waals surface area (Å²) in [5.74, 6) is 0.0179. The molecule has 1 fully saturated rings. The Morgan fingerprint density at radius 1 is 1.21 bits per heavy atom. The van der Waals surface area contributed by atoms with Crippen LogP contribution in [0.2, 0.25) is 0 Å². The van der Waals surface area contributed by atoms with Crippen LogP contribution < -0.4 is 0 Å². The molecule has 176 valence electrons. The van der Waals surface area contributed by atoms with Crippen molar-refractivity contribution in [3.8, 4) is 17.2 Å². The molecule has 0 bridgehead atoms. The fourth-order valence-corrected chi connectivity index (χ4v) is 4.62. The molecule has 2 N–H and O–H groups in total. The van der Waals surface area contributed by atoms with Crippen LogP contribution in [0.1, 0.15) is 50.3 Å². The van der Waals surface area contributed by atoms with Gasteiger partial charge < -0.3 is 14.8 Å². The Morgan fingerprint density at radius 3 is 2.68 bits per heavy atom. The second-order valence-electron chi connectivity index (χ2n) is 9.11. The third-order valence-corrected chi connectivity index (χ3v) is 6.21. The van der Waals surface area contributed by atoms with Gasteiger partial charge in [0.1, 0.15) is 11.9 Å². The van der Waals surface area contributed by atoms with E-state index in [1.54, 1.807) is 16.8 Å². The van der Waals surface area contributed by atoms with Crippen LogP contribution >= 0.6 is 0 Å². The third kappa shape index (κ3) is 4.33. The highest BCUT2D eigenvalue weighted by atomic mass is 19.1. The maximum absolute atomic E-state index is 13.8. The van der Waals surface area contributed by atoms with Crippen LogP contribution in [0.15, 0.2) is 48.5 Å². The number of fused-ring (bicyclic) bond motifs is 1. The first kappa shape index (κ1) is 22.3. The topological polar surface area (TPSA) is 93.0 Å². The summed E-state index contributed by atoms with van der Waals surface area (Å²) in [6.07, 6.45) is 0.580. The van der Waals surface area contributed by atoms with Crippen molar-refractivity contribution in [3.63, 3.8) is 0 Å². The van der Waals surface area contributed by atoms with E-state index in [4.69, 9.17) is 14.8 Å². The summed E-state index contributed by atoms with van der Waals surface area (Å²) in [5, 5.41) is 14.9. The molecule has 0 saturated carbocycles. The Morgan fingerprint density at radius 2 is 1.97 bits per heavy atom. The second kappa shape index (κ2) is 9.02. The number of carbonyl (C=O) groups excluding carboxylic acids is 1. The molecule has 34 heavy (non-hydrogen) atoms. The van der Waals surface area contributed by atoms with Gasteiger partial charge in [0.2, 0.25) is 5.95 Å². The van der Waals surface area contributed by atoms with Crippen molar-refractivity contribution in [2.45, 2.75) is 57.7 Å². The molecule has 0 unspecified atom stereocenters. The quantitative estimate of drug-likeness (QED) is 0.406. The van der Waals surface area contributed by atoms with Crippen molar-refractivity contribution in [1.29, 1.82) is 0 Å². The number of hydrogen-bond donors (Lipinski definition) is 2. The monoisotopic (exact) mass is 462 g/mol. The first-order valence-electron chi connectivity index (χ1n) is 11.6. The van der Waals surface area contributed by atoms with Crippen LogP contribution in [0, 0.1) is 5.82 Å². The van der Waals surface area contributed by atoms with Crippen LogP contribution in [0.5, 0.6) is 0 Å². The molecule has 1 saturated heterocycles. The number of nitrogens with zero attached hydrogens (tertiary/aromatic N) is 3. The number of benzene rings is 2. The first-order chi connectivity index (χ1) is 16.4. The maximum Gasteiger partial charge on any atom is 0.308 e. The SMILES string of the molecule is CC(C)c1nn(-c2nc3ccccc3[nH]2)c(-c2ccc(F)cc2)c1CC[C@@H]1C[C@@H](O)CC(=O)O1. The van der Waals surface area contributed by atoms with E-state index < -0.39 is 6.10 Å². The Hall–Kier alpha value is -3.52. The molecule has 7 nitrogen and oxygen atoms in total. The first-order valence-corrected chi connectivity index (χ1v) is 11.6. The standard InChI is InChI=1S/C26H27FN4O3/c1-15(2)24-20(12-11-19-13-18(32)14-23(33)34-19)25(16-7-9-17(27)10-8-16)31(30-24)26-28-21-5-3-4-6-22(21)29-26/h3-10,15,18-19,32H,11-14H2,1-2H3,(H,28,29)/t18-,19-/m1/s1. The van der Waals surface area contributed by atoms with Gasteiger partial charge in [0.15, 0.2) is 0 Å². The van der Waals surface area contributed by atoms with E-state index >= 15 is 0 Å². The zero-order valence-electron chi connectivity index (χ0n) is 19.2. The average molecular weight is 463 g/mol. The van der Waals surface area contributed by atoms with E-state index in [-0.39, 0.29) is 30.2 Å². The Kier molecular flexibility index (Phi) is 5.91. The highest BCUT2D eigenvalue weighted by Crippen LogP contribution is 2.34. The van der Waals surface area contributed by atoms with Gasteiger partial charge >= 0.3 is 5.97 Å². The van der Waals surface area contributed by atoms with Crippen LogP contribution in [0.4, 0.5) is 4.39 Å². The molecule has 4 aromatic rings. The largest absolute Gasteiger partial charge is 0.462 e. The number of ether oxygens (including phenoxy) is 1. The second-order valence-corrected chi connectivity index (χ2v) is 9.11. The molecule has 8 heteroatoms. The van der Waals surface area contributed by atoms with Crippen molar-refractivity contribution in [3.05, 3.63) is 65.6 Å². The number of H-pyrrole nitrogens is 1. The molecule has 1 aliphatic heterocycles. The third-order valence-electron chi connectivity index (χ3n) is 6.21. The number of aliphatic hydroxyl groups excluding tert-OH is 1. The van der Waals surface area contributed by atoms with Gasteiger partial charge in [-0.1, -0.05) is 26.0 Å². The molecular weight excluding hydrogens is 435 g/mol. The summed E-state index contributed by atoms with van der Waals surface area (Å²) in [6, 6.07) is 14.1. The van der Waals surface area contributed by atoms with E-state index in [9.17, 15) is 14.3 Å². The van der Waals surface area contributed by atoms with E-state index in [1.165, 1.54) is 12.1 Å².